The van der Waals surface area contributed by atoms with Gasteiger partial charge in [-0.05, 0) is 30.4 Å². The number of nitrogens with one attached hydrogen (secondary N) is 1. The Labute approximate surface area is 106 Å². The highest BCUT2D eigenvalue weighted by molar-refractivity contribution is 7.99. The van der Waals surface area contributed by atoms with Crippen LogP contribution in [-0.2, 0) is 4.79 Å². The van der Waals surface area contributed by atoms with Crippen LogP contribution in [-0.4, -0.2) is 24.5 Å². The van der Waals surface area contributed by atoms with E-state index >= 15 is 0 Å². The van der Waals surface area contributed by atoms with Gasteiger partial charge in [-0.1, -0.05) is 6.92 Å². The van der Waals surface area contributed by atoms with E-state index in [0.29, 0.717) is 22.9 Å². The van der Waals surface area contributed by atoms with Gasteiger partial charge in [0, 0.05) is 5.69 Å². The molecule has 0 aliphatic rings. The molecule has 0 aliphatic heterocycles. The van der Waals surface area contributed by atoms with E-state index in [9.17, 15) is 4.79 Å². The second kappa shape index (κ2) is 7.06. The summed E-state index contributed by atoms with van der Waals surface area (Å²) in [5.74, 6) is 2.08. The number of benzene rings is 1. The SMILES string of the molecule is CCCSCC(=O)Nc1ccc(OC)c(N)c1. The molecule has 1 amide bonds. The molecule has 0 aromatic heterocycles. The van der Waals surface area contributed by atoms with E-state index in [1.807, 2.05) is 0 Å². The molecule has 17 heavy (non-hydrogen) atoms. The van der Waals surface area contributed by atoms with Crippen LogP contribution in [0.4, 0.5) is 11.4 Å². The van der Waals surface area contributed by atoms with E-state index in [-0.39, 0.29) is 5.91 Å². The predicted molar refractivity (Wildman–Crippen MR) is 73.7 cm³/mol. The standard InChI is InChI=1S/C12H18N2O2S/c1-3-6-17-8-12(15)14-9-4-5-11(16-2)10(13)7-9/h4-5,7H,3,6,8,13H2,1-2H3,(H,14,15). The number of methoxy groups -OCH3 is 1. The van der Waals surface area contributed by atoms with Crippen molar-refractivity contribution in [2.45, 2.75) is 13.3 Å². The van der Waals surface area contributed by atoms with E-state index in [1.165, 1.54) is 0 Å². The largest absolute Gasteiger partial charge is 0.495 e. The van der Waals surface area contributed by atoms with Crippen molar-refractivity contribution < 1.29 is 9.53 Å². The van der Waals surface area contributed by atoms with Gasteiger partial charge in [-0.2, -0.15) is 11.8 Å². The predicted octanol–water partition coefficient (Wildman–Crippen LogP) is 2.36. The van der Waals surface area contributed by atoms with E-state index < -0.39 is 0 Å². The van der Waals surface area contributed by atoms with E-state index in [2.05, 4.69) is 12.2 Å². The zero-order valence-electron chi connectivity index (χ0n) is 10.2. The molecule has 5 heteroatoms. The summed E-state index contributed by atoms with van der Waals surface area (Å²) >= 11 is 1.62. The average molecular weight is 254 g/mol. The molecule has 3 N–H and O–H groups in total. The third kappa shape index (κ3) is 4.56. The third-order valence-electron chi connectivity index (χ3n) is 2.10. The minimum Gasteiger partial charge on any atom is -0.495 e. The fourth-order valence-electron chi connectivity index (χ4n) is 1.32. The van der Waals surface area contributed by atoms with Gasteiger partial charge in [0.2, 0.25) is 5.91 Å². The van der Waals surface area contributed by atoms with Gasteiger partial charge in [-0.15, -0.1) is 0 Å². The molecule has 0 heterocycles. The average Bonchev–Trinajstić information content (AvgIpc) is 2.29. The van der Waals surface area contributed by atoms with Crippen molar-refractivity contribution in [2.24, 2.45) is 0 Å². The van der Waals surface area contributed by atoms with Gasteiger partial charge in [0.15, 0.2) is 0 Å². The Morgan fingerprint density at radius 3 is 2.88 bits per heavy atom. The maximum absolute atomic E-state index is 11.5. The first-order valence-electron chi connectivity index (χ1n) is 5.48. The Balaban J connectivity index is 2.51. The number of hydrogen-bond acceptors (Lipinski definition) is 4. The number of thioether (sulfide) groups is 1. The molecule has 1 aromatic carbocycles. The van der Waals surface area contributed by atoms with Gasteiger partial charge in [-0.3, -0.25) is 4.79 Å². The van der Waals surface area contributed by atoms with E-state index in [1.54, 1.807) is 37.1 Å². The smallest absolute Gasteiger partial charge is 0.234 e. The lowest BCUT2D eigenvalue weighted by Crippen LogP contribution is -2.14. The lowest BCUT2D eigenvalue weighted by molar-refractivity contribution is -0.113. The second-order valence-corrected chi connectivity index (χ2v) is 4.66. The maximum atomic E-state index is 11.5. The minimum absolute atomic E-state index is 0.00647. The summed E-state index contributed by atoms with van der Waals surface area (Å²) in [6.45, 7) is 2.09. The van der Waals surface area contributed by atoms with E-state index in [0.717, 1.165) is 12.2 Å². The van der Waals surface area contributed by atoms with Crippen molar-refractivity contribution in [3.63, 3.8) is 0 Å². The quantitative estimate of drug-likeness (QED) is 0.604. The molecule has 0 fully saturated rings. The third-order valence-corrected chi connectivity index (χ3v) is 3.26. The molecule has 0 spiro atoms. The molecule has 0 saturated heterocycles. The number of amides is 1. The van der Waals surface area contributed by atoms with Crippen molar-refractivity contribution in [1.29, 1.82) is 0 Å². The molecule has 0 unspecified atom stereocenters. The van der Waals surface area contributed by atoms with Crippen LogP contribution in [0.2, 0.25) is 0 Å². The highest BCUT2D eigenvalue weighted by atomic mass is 32.2. The van der Waals surface area contributed by atoms with Crippen molar-refractivity contribution in [3.8, 4) is 5.75 Å². The highest BCUT2D eigenvalue weighted by Gasteiger charge is 2.04. The summed E-state index contributed by atoms with van der Waals surface area (Å²) in [5, 5.41) is 2.80. The lowest BCUT2D eigenvalue weighted by Gasteiger charge is -2.08. The van der Waals surface area contributed by atoms with E-state index in [4.69, 9.17) is 10.5 Å². The van der Waals surface area contributed by atoms with Gasteiger partial charge >= 0.3 is 0 Å². The van der Waals surface area contributed by atoms with Crippen LogP contribution in [0.25, 0.3) is 0 Å². The molecule has 0 saturated carbocycles. The van der Waals surface area contributed by atoms with Crippen LogP contribution in [0.5, 0.6) is 5.75 Å². The molecule has 0 aliphatic carbocycles. The number of carbonyl (C=O) groups excluding carboxylic acids is 1. The Morgan fingerprint density at radius 1 is 1.53 bits per heavy atom. The zero-order chi connectivity index (χ0) is 12.7. The van der Waals surface area contributed by atoms with Crippen LogP contribution in [0.3, 0.4) is 0 Å². The van der Waals surface area contributed by atoms with Crippen molar-refractivity contribution in [2.75, 3.05) is 29.7 Å². The summed E-state index contributed by atoms with van der Waals surface area (Å²) in [5.41, 5.74) is 6.97. The van der Waals surface area contributed by atoms with Crippen molar-refractivity contribution in [1.82, 2.24) is 0 Å². The number of hydrogen-bond donors (Lipinski definition) is 2. The number of anilines is 2. The van der Waals surface area contributed by atoms with Crippen LogP contribution in [0.15, 0.2) is 18.2 Å². The number of rotatable bonds is 6. The molecule has 94 valence electrons. The Bertz CT molecular complexity index is 383. The van der Waals surface area contributed by atoms with Crippen LogP contribution in [0, 0.1) is 0 Å². The monoisotopic (exact) mass is 254 g/mol. The maximum Gasteiger partial charge on any atom is 0.234 e. The molecular weight excluding hydrogens is 236 g/mol. The normalized spacial score (nSPS) is 10.0. The number of carbonyl (C=O) groups is 1. The first kappa shape index (κ1) is 13.7. The zero-order valence-corrected chi connectivity index (χ0v) is 11.0. The topological polar surface area (TPSA) is 64.3 Å². The number of ether oxygens (including phenoxy) is 1. The van der Waals surface area contributed by atoms with Crippen LogP contribution < -0.4 is 15.8 Å². The summed E-state index contributed by atoms with van der Waals surface area (Å²) in [6, 6.07) is 5.21. The summed E-state index contributed by atoms with van der Waals surface area (Å²) < 4.78 is 5.04. The highest BCUT2D eigenvalue weighted by Crippen LogP contribution is 2.24. The molecule has 4 nitrogen and oxygen atoms in total. The van der Waals surface area contributed by atoms with Crippen LogP contribution >= 0.6 is 11.8 Å². The Hall–Kier alpha value is -1.36. The molecule has 0 atom stereocenters. The molecular formula is C12H18N2O2S. The fourth-order valence-corrected chi connectivity index (χ4v) is 2.01. The number of nitrogen functional groups attached to an aromatic ring is 1. The van der Waals surface area contributed by atoms with Gasteiger partial charge < -0.3 is 15.8 Å². The first-order chi connectivity index (χ1) is 8.17. The fraction of sp³-hybridized carbons (Fsp3) is 0.417. The van der Waals surface area contributed by atoms with Crippen LogP contribution in [0.1, 0.15) is 13.3 Å². The van der Waals surface area contributed by atoms with Gasteiger partial charge in [-0.25, -0.2) is 0 Å². The Morgan fingerprint density at radius 2 is 2.29 bits per heavy atom. The number of nitrogens with two attached hydrogens (primary N) is 1. The van der Waals surface area contributed by atoms with Crippen molar-refractivity contribution >= 4 is 29.0 Å². The molecule has 0 bridgehead atoms. The van der Waals surface area contributed by atoms with Crippen molar-refractivity contribution in [3.05, 3.63) is 18.2 Å². The second-order valence-electron chi connectivity index (χ2n) is 3.56. The van der Waals surface area contributed by atoms with Gasteiger partial charge in [0.05, 0.1) is 18.6 Å². The van der Waals surface area contributed by atoms with Gasteiger partial charge in [0.1, 0.15) is 5.75 Å². The summed E-state index contributed by atoms with van der Waals surface area (Å²) in [6.07, 6.45) is 1.08. The minimum atomic E-state index is -0.00647. The first-order valence-corrected chi connectivity index (χ1v) is 6.64. The molecule has 1 aromatic rings. The molecule has 0 radical (unpaired) electrons. The molecule has 1 rings (SSSR count). The summed E-state index contributed by atoms with van der Waals surface area (Å²) in [4.78, 5) is 11.5. The summed E-state index contributed by atoms with van der Waals surface area (Å²) in [7, 11) is 1.56. The lowest BCUT2D eigenvalue weighted by atomic mass is 10.2. The Kier molecular flexibility index (Phi) is 5.69. The van der Waals surface area contributed by atoms with Gasteiger partial charge in [0.25, 0.3) is 0 Å².